The van der Waals surface area contributed by atoms with Crippen molar-refractivity contribution in [3.63, 3.8) is 0 Å². The number of methoxy groups -OCH3 is 1. The average molecular weight is 190 g/mol. The highest BCUT2D eigenvalue weighted by atomic mass is 16.5. The topological polar surface area (TPSA) is 9.23 Å². The summed E-state index contributed by atoms with van der Waals surface area (Å²) >= 11 is 0. The minimum atomic E-state index is -0.000694. The first-order valence-electron chi connectivity index (χ1n) is 4.79. The van der Waals surface area contributed by atoms with Crippen LogP contribution < -0.4 is 4.74 Å². The van der Waals surface area contributed by atoms with Crippen molar-refractivity contribution in [3.8, 4) is 5.75 Å². The molecule has 1 heteroatoms. The molecule has 0 aliphatic heterocycles. The lowest BCUT2D eigenvalue weighted by atomic mass is 9.84. The SMILES string of the molecule is C=CC(C)(C)c1cc(C)cc(OC)c1. The van der Waals surface area contributed by atoms with Crippen LogP contribution >= 0.6 is 0 Å². The second-order valence-corrected chi connectivity index (χ2v) is 4.16. The lowest BCUT2D eigenvalue weighted by Gasteiger charge is -2.21. The van der Waals surface area contributed by atoms with Gasteiger partial charge in [-0.3, -0.25) is 0 Å². The van der Waals surface area contributed by atoms with Crippen LogP contribution in [0.3, 0.4) is 0 Å². The van der Waals surface area contributed by atoms with Crippen molar-refractivity contribution in [1.29, 1.82) is 0 Å². The van der Waals surface area contributed by atoms with E-state index in [-0.39, 0.29) is 5.41 Å². The third-order valence-corrected chi connectivity index (χ3v) is 2.54. The van der Waals surface area contributed by atoms with Crippen LogP contribution in [-0.2, 0) is 5.41 Å². The molecule has 0 aliphatic rings. The lowest BCUT2D eigenvalue weighted by molar-refractivity contribution is 0.413. The minimum absolute atomic E-state index is 0.000694. The highest BCUT2D eigenvalue weighted by Crippen LogP contribution is 2.28. The van der Waals surface area contributed by atoms with E-state index < -0.39 is 0 Å². The molecule has 0 fully saturated rings. The summed E-state index contributed by atoms with van der Waals surface area (Å²) in [7, 11) is 1.69. The van der Waals surface area contributed by atoms with Gasteiger partial charge < -0.3 is 4.74 Å². The summed E-state index contributed by atoms with van der Waals surface area (Å²) in [5, 5.41) is 0. The Hall–Kier alpha value is -1.24. The Bertz CT molecular complexity index is 337. The first kappa shape index (κ1) is 10.8. The number of rotatable bonds is 3. The summed E-state index contributed by atoms with van der Waals surface area (Å²) in [6, 6.07) is 6.27. The van der Waals surface area contributed by atoms with Crippen LogP contribution in [-0.4, -0.2) is 7.11 Å². The summed E-state index contributed by atoms with van der Waals surface area (Å²) in [6.07, 6.45) is 1.96. The first-order chi connectivity index (χ1) is 6.49. The molecule has 1 rings (SSSR count). The Morgan fingerprint density at radius 2 is 1.93 bits per heavy atom. The van der Waals surface area contributed by atoms with Crippen LogP contribution in [0.1, 0.15) is 25.0 Å². The van der Waals surface area contributed by atoms with Gasteiger partial charge in [-0.1, -0.05) is 26.0 Å². The molecule has 0 amide bonds. The number of ether oxygens (including phenoxy) is 1. The summed E-state index contributed by atoms with van der Waals surface area (Å²) in [5.74, 6) is 0.912. The van der Waals surface area contributed by atoms with Gasteiger partial charge in [-0.05, 0) is 30.2 Å². The van der Waals surface area contributed by atoms with E-state index in [0.717, 1.165) is 5.75 Å². The van der Waals surface area contributed by atoms with Crippen molar-refractivity contribution in [1.82, 2.24) is 0 Å². The zero-order valence-corrected chi connectivity index (χ0v) is 9.42. The van der Waals surface area contributed by atoms with Gasteiger partial charge in [-0.15, -0.1) is 6.58 Å². The summed E-state index contributed by atoms with van der Waals surface area (Å²) in [6.45, 7) is 10.2. The molecule has 0 saturated heterocycles. The first-order valence-corrected chi connectivity index (χ1v) is 4.79. The zero-order valence-electron chi connectivity index (χ0n) is 9.42. The second-order valence-electron chi connectivity index (χ2n) is 4.16. The van der Waals surface area contributed by atoms with Crippen molar-refractivity contribution < 1.29 is 4.74 Å². The molecule has 76 valence electrons. The van der Waals surface area contributed by atoms with Crippen LogP contribution in [0.5, 0.6) is 5.75 Å². The molecule has 0 N–H and O–H groups in total. The monoisotopic (exact) mass is 190 g/mol. The van der Waals surface area contributed by atoms with Crippen LogP contribution in [0.15, 0.2) is 30.9 Å². The van der Waals surface area contributed by atoms with E-state index >= 15 is 0 Å². The molecule has 1 nitrogen and oxygen atoms in total. The fraction of sp³-hybridized carbons (Fsp3) is 0.385. The summed E-state index contributed by atoms with van der Waals surface area (Å²) in [4.78, 5) is 0. The molecule has 0 spiro atoms. The van der Waals surface area contributed by atoms with Crippen LogP contribution in [0.25, 0.3) is 0 Å². The van der Waals surface area contributed by atoms with E-state index in [1.807, 2.05) is 12.1 Å². The summed E-state index contributed by atoms with van der Waals surface area (Å²) in [5.41, 5.74) is 2.46. The zero-order chi connectivity index (χ0) is 10.8. The molecule has 0 aromatic heterocycles. The minimum Gasteiger partial charge on any atom is -0.497 e. The largest absolute Gasteiger partial charge is 0.497 e. The van der Waals surface area contributed by atoms with E-state index in [1.54, 1.807) is 7.11 Å². The highest BCUT2D eigenvalue weighted by molar-refractivity contribution is 5.39. The number of allylic oxidation sites excluding steroid dienone is 1. The van der Waals surface area contributed by atoms with Gasteiger partial charge in [0.05, 0.1) is 7.11 Å². The van der Waals surface area contributed by atoms with Gasteiger partial charge in [0.15, 0.2) is 0 Å². The molecule has 1 aromatic carbocycles. The molecular weight excluding hydrogens is 172 g/mol. The van der Waals surface area contributed by atoms with Crippen molar-refractivity contribution in [2.75, 3.05) is 7.11 Å². The number of aryl methyl sites for hydroxylation is 1. The van der Waals surface area contributed by atoms with Gasteiger partial charge in [-0.2, -0.15) is 0 Å². The molecule has 14 heavy (non-hydrogen) atoms. The van der Waals surface area contributed by atoms with E-state index in [4.69, 9.17) is 4.74 Å². The fourth-order valence-corrected chi connectivity index (χ4v) is 1.36. The van der Waals surface area contributed by atoms with E-state index in [0.29, 0.717) is 0 Å². The number of hydrogen-bond donors (Lipinski definition) is 0. The highest BCUT2D eigenvalue weighted by Gasteiger charge is 2.16. The molecule has 1 aromatic rings. The molecule has 0 heterocycles. The van der Waals surface area contributed by atoms with Gasteiger partial charge in [-0.25, -0.2) is 0 Å². The molecule has 0 radical (unpaired) electrons. The Kier molecular flexibility index (Phi) is 3.00. The third-order valence-electron chi connectivity index (χ3n) is 2.54. The van der Waals surface area contributed by atoms with Crippen molar-refractivity contribution in [2.24, 2.45) is 0 Å². The molecule has 0 bridgehead atoms. The Balaban J connectivity index is 3.21. The third kappa shape index (κ3) is 2.16. The standard InChI is InChI=1S/C13H18O/c1-6-13(3,4)11-7-10(2)8-12(9-11)14-5/h6-9H,1H2,2-5H3. The van der Waals surface area contributed by atoms with Crippen molar-refractivity contribution in [3.05, 3.63) is 42.0 Å². The smallest absolute Gasteiger partial charge is 0.119 e. The summed E-state index contributed by atoms with van der Waals surface area (Å²) < 4.78 is 5.24. The van der Waals surface area contributed by atoms with E-state index in [2.05, 4.69) is 39.5 Å². The molecular formula is C13H18O. The Morgan fingerprint density at radius 3 is 2.43 bits per heavy atom. The van der Waals surface area contributed by atoms with Crippen LogP contribution in [0.4, 0.5) is 0 Å². The quantitative estimate of drug-likeness (QED) is 0.663. The van der Waals surface area contributed by atoms with Crippen LogP contribution in [0, 0.1) is 6.92 Å². The van der Waals surface area contributed by atoms with Gasteiger partial charge in [0.2, 0.25) is 0 Å². The molecule has 0 aliphatic carbocycles. The number of hydrogen-bond acceptors (Lipinski definition) is 1. The Morgan fingerprint density at radius 1 is 1.29 bits per heavy atom. The molecule has 0 saturated carbocycles. The molecule has 0 atom stereocenters. The normalized spacial score (nSPS) is 11.1. The van der Waals surface area contributed by atoms with Gasteiger partial charge in [0.1, 0.15) is 5.75 Å². The van der Waals surface area contributed by atoms with Crippen LogP contribution in [0.2, 0.25) is 0 Å². The van der Waals surface area contributed by atoms with Crippen molar-refractivity contribution >= 4 is 0 Å². The number of benzene rings is 1. The second kappa shape index (κ2) is 3.87. The van der Waals surface area contributed by atoms with Gasteiger partial charge in [0, 0.05) is 5.41 Å². The predicted molar refractivity (Wildman–Crippen MR) is 61.0 cm³/mol. The predicted octanol–water partition coefficient (Wildman–Crippen LogP) is 3.47. The maximum atomic E-state index is 5.24. The molecule has 0 unspecified atom stereocenters. The van der Waals surface area contributed by atoms with Crippen molar-refractivity contribution in [2.45, 2.75) is 26.2 Å². The lowest BCUT2D eigenvalue weighted by Crippen LogP contribution is -2.13. The Labute approximate surface area is 86.4 Å². The maximum absolute atomic E-state index is 5.24. The average Bonchev–Trinajstić information content (AvgIpc) is 2.16. The van der Waals surface area contributed by atoms with Gasteiger partial charge in [0.25, 0.3) is 0 Å². The van der Waals surface area contributed by atoms with E-state index in [9.17, 15) is 0 Å². The fourth-order valence-electron chi connectivity index (χ4n) is 1.36. The van der Waals surface area contributed by atoms with E-state index in [1.165, 1.54) is 11.1 Å². The maximum Gasteiger partial charge on any atom is 0.119 e. The van der Waals surface area contributed by atoms with Gasteiger partial charge >= 0.3 is 0 Å².